The Hall–Kier alpha value is -4.47. The van der Waals surface area contributed by atoms with Crippen LogP contribution >= 0.6 is 0 Å². The van der Waals surface area contributed by atoms with Crippen molar-refractivity contribution < 1.29 is 14.7 Å². The Morgan fingerprint density at radius 3 is 2.38 bits per heavy atom. The number of amides is 2. The second kappa shape index (κ2) is 13.0. The average molecular weight is 567 g/mol. The molecule has 4 aromatic rings. The summed E-state index contributed by atoms with van der Waals surface area (Å²) in [6.45, 7) is 6.71. The zero-order chi connectivity index (χ0) is 29.6. The van der Waals surface area contributed by atoms with Gasteiger partial charge in [0.2, 0.25) is 5.91 Å². The van der Waals surface area contributed by atoms with Gasteiger partial charge < -0.3 is 25.2 Å². The third kappa shape index (κ3) is 6.53. The Morgan fingerprint density at radius 2 is 1.69 bits per heavy atom. The number of hydrogen-bond acceptors (Lipinski definition) is 6. The van der Waals surface area contributed by atoms with Crippen LogP contribution in [-0.4, -0.2) is 90.8 Å². The van der Waals surface area contributed by atoms with Gasteiger partial charge in [-0.05, 0) is 49.9 Å². The first kappa shape index (κ1) is 29.0. The van der Waals surface area contributed by atoms with Gasteiger partial charge in [-0.2, -0.15) is 0 Å². The van der Waals surface area contributed by atoms with Gasteiger partial charge in [0.05, 0.1) is 23.5 Å². The molecule has 3 aromatic carbocycles. The Morgan fingerprint density at radius 1 is 0.976 bits per heavy atom. The summed E-state index contributed by atoms with van der Waals surface area (Å²) in [6, 6.07) is 22.6. The van der Waals surface area contributed by atoms with Gasteiger partial charge in [0.25, 0.3) is 5.91 Å². The maximum atomic E-state index is 13.0. The second-order valence-corrected chi connectivity index (χ2v) is 10.7. The summed E-state index contributed by atoms with van der Waals surface area (Å²) in [5, 5.41) is 14.7. The summed E-state index contributed by atoms with van der Waals surface area (Å²) >= 11 is 0. The van der Waals surface area contributed by atoms with Crippen LogP contribution in [0.2, 0.25) is 0 Å². The van der Waals surface area contributed by atoms with Crippen molar-refractivity contribution in [2.45, 2.75) is 13.3 Å². The van der Waals surface area contributed by atoms with Crippen LogP contribution < -0.4 is 10.2 Å². The highest BCUT2D eigenvalue weighted by Crippen LogP contribution is 2.32. The van der Waals surface area contributed by atoms with Gasteiger partial charge in [-0.25, -0.2) is 4.99 Å². The number of rotatable bonds is 9. The quantitative estimate of drug-likeness (QED) is 0.261. The first-order valence-corrected chi connectivity index (χ1v) is 14.4. The molecule has 218 valence electrons. The SMILES string of the molecule is CCCNC(=O)c1ccc2c(C(=Nc3ccc(N(C)C(=O)CN4CCN(C)CC4)cc3)c3ccccc3)c(O)[nH]c2c1. The summed E-state index contributed by atoms with van der Waals surface area (Å²) in [7, 11) is 3.90. The van der Waals surface area contributed by atoms with Gasteiger partial charge in [-0.3, -0.25) is 14.5 Å². The smallest absolute Gasteiger partial charge is 0.251 e. The van der Waals surface area contributed by atoms with E-state index in [4.69, 9.17) is 4.99 Å². The molecule has 1 aliphatic rings. The molecule has 2 heterocycles. The van der Waals surface area contributed by atoms with Gasteiger partial charge >= 0.3 is 0 Å². The highest BCUT2D eigenvalue weighted by molar-refractivity contribution is 6.22. The first-order chi connectivity index (χ1) is 20.3. The summed E-state index contributed by atoms with van der Waals surface area (Å²) in [4.78, 5) is 39.6. The lowest BCUT2D eigenvalue weighted by Crippen LogP contribution is -2.48. The Bertz CT molecular complexity index is 1570. The maximum Gasteiger partial charge on any atom is 0.251 e. The average Bonchev–Trinajstić information content (AvgIpc) is 3.34. The number of piperazine rings is 1. The van der Waals surface area contributed by atoms with Gasteiger partial charge in [0, 0.05) is 67.5 Å². The van der Waals surface area contributed by atoms with E-state index in [1.807, 2.05) is 67.6 Å². The van der Waals surface area contributed by atoms with E-state index in [0.29, 0.717) is 41.1 Å². The number of aromatic hydroxyl groups is 1. The summed E-state index contributed by atoms with van der Waals surface area (Å²) in [5.74, 6) is -0.129. The molecule has 1 fully saturated rings. The number of benzene rings is 3. The van der Waals surface area contributed by atoms with E-state index in [2.05, 4.69) is 27.1 Å². The largest absolute Gasteiger partial charge is 0.494 e. The fourth-order valence-electron chi connectivity index (χ4n) is 5.09. The molecule has 9 heteroatoms. The van der Waals surface area contributed by atoms with Crippen molar-refractivity contribution in [3.05, 3.63) is 89.5 Å². The van der Waals surface area contributed by atoms with Crippen LogP contribution in [0.3, 0.4) is 0 Å². The van der Waals surface area contributed by atoms with Crippen molar-refractivity contribution >= 4 is 39.8 Å². The topological polar surface area (TPSA) is 104 Å². The van der Waals surface area contributed by atoms with Crippen LogP contribution in [0.1, 0.15) is 34.8 Å². The third-order valence-corrected chi connectivity index (χ3v) is 7.67. The molecule has 0 bridgehead atoms. The number of aromatic amines is 1. The number of anilines is 1. The van der Waals surface area contributed by atoms with Crippen LogP contribution in [0.5, 0.6) is 5.88 Å². The van der Waals surface area contributed by atoms with E-state index in [0.717, 1.165) is 49.2 Å². The monoisotopic (exact) mass is 566 g/mol. The highest BCUT2D eigenvalue weighted by atomic mass is 16.3. The van der Waals surface area contributed by atoms with Crippen LogP contribution in [-0.2, 0) is 4.79 Å². The van der Waals surface area contributed by atoms with E-state index in [9.17, 15) is 14.7 Å². The molecule has 0 saturated carbocycles. The minimum atomic E-state index is -0.154. The van der Waals surface area contributed by atoms with Crippen molar-refractivity contribution in [3.63, 3.8) is 0 Å². The fourth-order valence-corrected chi connectivity index (χ4v) is 5.09. The summed E-state index contributed by atoms with van der Waals surface area (Å²) in [6.07, 6.45) is 0.850. The Labute approximate surface area is 246 Å². The number of H-pyrrole nitrogens is 1. The van der Waals surface area contributed by atoms with Crippen molar-refractivity contribution in [1.29, 1.82) is 0 Å². The minimum Gasteiger partial charge on any atom is -0.494 e. The number of carbonyl (C=O) groups is 2. The Balaban J connectivity index is 1.43. The van der Waals surface area contributed by atoms with Crippen LogP contribution in [0.25, 0.3) is 10.9 Å². The van der Waals surface area contributed by atoms with E-state index in [-0.39, 0.29) is 17.7 Å². The molecule has 0 spiro atoms. The molecule has 9 nitrogen and oxygen atoms in total. The van der Waals surface area contributed by atoms with Gasteiger partial charge in [-0.15, -0.1) is 0 Å². The predicted molar refractivity (Wildman–Crippen MR) is 168 cm³/mol. The first-order valence-electron chi connectivity index (χ1n) is 14.4. The number of nitrogens with one attached hydrogen (secondary N) is 2. The van der Waals surface area contributed by atoms with Gasteiger partial charge in [0.1, 0.15) is 0 Å². The van der Waals surface area contributed by atoms with Crippen molar-refractivity contribution in [2.24, 2.45) is 4.99 Å². The van der Waals surface area contributed by atoms with Crippen molar-refractivity contribution in [1.82, 2.24) is 20.1 Å². The summed E-state index contributed by atoms with van der Waals surface area (Å²) in [5.41, 5.74) is 4.62. The molecule has 0 unspecified atom stereocenters. The van der Waals surface area contributed by atoms with Crippen molar-refractivity contribution in [3.8, 4) is 5.88 Å². The zero-order valence-electron chi connectivity index (χ0n) is 24.4. The molecule has 0 aliphatic carbocycles. The molecule has 1 aliphatic heterocycles. The molecule has 0 atom stereocenters. The van der Waals surface area contributed by atoms with Crippen molar-refractivity contribution in [2.75, 3.05) is 58.3 Å². The summed E-state index contributed by atoms with van der Waals surface area (Å²) < 4.78 is 0. The maximum absolute atomic E-state index is 13.0. The van der Waals surface area contributed by atoms with E-state index >= 15 is 0 Å². The zero-order valence-corrected chi connectivity index (χ0v) is 24.4. The van der Waals surface area contributed by atoms with Gasteiger partial charge in [-0.1, -0.05) is 43.3 Å². The second-order valence-electron chi connectivity index (χ2n) is 10.7. The molecule has 3 N–H and O–H groups in total. The van der Waals surface area contributed by atoms with E-state index in [1.165, 1.54) is 0 Å². The number of carbonyl (C=O) groups excluding carboxylic acids is 2. The van der Waals surface area contributed by atoms with Crippen LogP contribution in [0.4, 0.5) is 11.4 Å². The number of likely N-dealkylation sites (N-methyl/N-ethyl adjacent to an activating group) is 2. The lowest BCUT2D eigenvalue weighted by atomic mass is 10.00. The number of aromatic nitrogens is 1. The normalized spacial score (nSPS) is 14.7. The molecule has 5 rings (SSSR count). The number of hydrogen-bond donors (Lipinski definition) is 3. The predicted octanol–water partition coefficient (Wildman–Crippen LogP) is 4.39. The van der Waals surface area contributed by atoms with E-state index in [1.54, 1.807) is 24.1 Å². The van der Waals surface area contributed by atoms with E-state index < -0.39 is 0 Å². The molecule has 2 amide bonds. The molecule has 1 saturated heterocycles. The van der Waals surface area contributed by atoms with Crippen LogP contribution in [0, 0.1) is 0 Å². The fraction of sp³-hybridized carbons (Fsp3) is 0.303. The molecule has 0 radical (unpaired) electrons. The van der Waals surface area contributed by atoms with Crippen LogP contribution in [0.15, 0.2) is 77.8 Å². The molecule has 42 heavy (non-hydrogen) atoms. The number of aliphatic imine (C=N–C) groups is 1. The third-order valence-electron chi connectivity index (χ3n) is 7.67. The Kier molecular flexibility index (Phi) is 9.00. The minimum absolute atomic E-state index is 0.0235. The highest BCUT2D eigenvalue weighted by Gasteiger charge is 2.21. The molecule has 1 aromatic heterocycles. The number of nitrogens with zero attached hydrogens (tertiary/aromatic N) is 4. The number of fused-ring (bicyclic) bond motifs is 1. The standard InChI is InChI=1S/C33H38N6O3/c1-4-16-34-32(41)24-10-15-27-28(21-24)36-33(42)30(27)31(23-8-6-5-7-9-23)35-25-11-13-26(14-12-25)38(3)29(40)22-39-19-17-37(2)18-20-39/h5-15,21,36,42H,4,16-20,22H2,1-3H3,(H,34,41). The lowest BCUT2D eigenvalue weighted by molar-refractivity contribution is -0.119. The lowest BCUT2D eigenvalue weighted by Gasteiger charge is -2.32. The molecular weight excluding hydrogens is 528 g/mol. The molecular formula is C33H38N6O3. The van der Waals surface area contributed by atoms with Gasteiger partial charge in [0.15, 0.2) is 5.88 Å².